The summed E-state index contributed by atoms with van der Waals surface area (Å²) in [5.41, 5.74) is 0. The van der Waals surface area contributed by atoms with Gasteiger partial charge in [-0.3, -0.25) is 4.90 Å². The van der Waals surface area contributed by atoms with Gasteiger partial charge in [-0.15, -0.1) is 0 Å². The second-order valence-electron chi connectivity index (χ2n) is 3.36. The second-order valence-corrected chi connectivity index (χ2v) is 3.36. The molecule has 0 amide bonds. The monoisotopic (exact) mass is 137 g/mol. The first-order valence-electron chi connectivity index (χ1n) is 4.36. The average molecular weight is 137 g/mol. The van der Waals surface area contributed by atoms with Gasteiger partial charge in [0.25, 0.3) is 0 Å². The van der Waals surface area contributed by atoms with Crippen LogP contribution in [0.2, 0.25) is 0 Å². The van der Waals surface area contributed by atoms with Crippen molar-refractivity contribution >= 4 is 0 Å². The Labute approximate surface area is 62.7 Å². The molecular weight excluding hydrogens is 122 g/mol. The summed E-state index contributed by atoms with van der Waals surface area (Å²) in [4.78, 5) is 2.59. The number of nitrogens with zero attached hydrogens (tertiary/aromatic N) is 1. The van der Waals surface area contributed by atoms with Crippen molar-refractivity contribution in [3.05, 3.63) is 12.2 Å². The van der Waals surface area contributed by atoms with Gasteiger partial charge < -0.3 is 0 Å². The molecule has 0 unspecified atom stereocenters. The molecule has 0 atom stereocenters. The molecule has 0 saturated heterocycles. The van der Waals surface area contributed by atoms with Crippen LogP contribution in [0.25, 0.3) is 0 Å². The van der Waals surface area contributed by atoms with Gasteiger partial charge in [-0.2, -0.15) is 0 Å². The lowest BCUT2D eigenvalue weighted by Crippen LogP contribution is -2.30. The van der Waals surface area contributed by atoms with Crippen LogP contribution in [-0.4, -0.2) is 24.0 Å². The largest absolute Gasteiger partial charge is 0.293 e. The van der Waals surface area contributed by atoms with E-state index in [0.717, 1.165) is 6.04 Å². The minimum atomic E-state index is 0.926. The third kappa shape index (κ3) is 1.10. The van der Waals surface area contributed by atoms with Crippen molar-refractivity contribution in [2.24, 2.45) is 0 Å². The Hall–Kier alpha value is -0.300. The van der Waals surface area contributed by atoms with E-state index >= 15 is 0 Å². The molecule has 1 aliphatic heterocycles. The molecule has 0 spiro atoms. The highest BCUT2D eigenvalue weighted by molar-refractivity contribution is 4.98. The molecule has 2 aliphatic rings. The van der Waals surface area contributed by atoms with Crippen LogP contribution >= 0.6 is 0 Å². The zero-order valence-corrected chi connectivity index (χ0v) is 6.42. The fraction of sp³-hybridized carbons (Fsp3) is 0.778. The van der Waals surface area contributed by atoms with Crippen LogP contribution in [-0.2, 0) is 0 Å². The van der Waals surface area contributed by atoms with Gasteiger partial charge in [-0.05, 0) is 12.8 Å². The van der Waals surface area contributed by atoms with Crippen molar-refractivity contribution in [2.75, 3.05) is 13.1 Å². The normalized spacial score (nSPS) is 28.4. The van der Waals surface area contributed by atoms with E-state index in [2.05, 4.69) is 17.1 Å². The van der Waals surface area contributed by atoms with Gasteiger partial charge in [0.2, 0.25) is 0 Å². The Morgan fingerprint density at radius 2 is 1.60 bits per heavy atom. The average Bonchev–Trinajstić information content (AvgIpc) is 2.59. The van der Waals surface area contributed by atoms with Crippen LogP contribution in [0.3, 0.4) is 0 Å². The molecule has 0 bridgehead atoms. The van der Waals surface area contributed by atoms with Gasteiger partial charge in [0.05, 0.1) is 0 Å². The molecular formula is C9H15N. The zero-order valence-electron chi connectivity index (χ0n) is 6.42. The number of hydrogen-bond acceptors (Lipinski definition) is 1. The van der Waals surface area contributed by atoms with Crippen molar-refractivity contribution in [3.8, 4) is 0 Å². The Morgan fingerprint density at radius 3 is 2.20 bits per heavy atom. The van der Waals surface area contributed by atoms with Gasteiger partial charge in [0.15, 0.2) is 0 Å². The Bertz CT molecular complexity index is 126. The SMILES string of the molecule is C1=CCN(C2CCCC2)C1. The van der Waals surface area contributed by atoms with Crippen LogP contribution in [0.5, 0.6) is 0 Å². The fourth-order valence-corrected chi connectivity index (χ4v) is 2.06. The first-order valence-corrected chi connectivity index (χ1v) is 4.36. The molecule has 0 radical (unpaired) electrons. The van der Waals surface area contributed by atoms with E-state index in [0.29, 0.717) is 0 Å². The molecule has 1 nitrogen and oxygen atoms in total. The maximum absolute atomic E-state index is 2.59. The van der Waals surface area contributed by atoms with Gasteiger partial charge in [-0.25, -0.2) is 0 Å². The maximum atomic E-state index is 2.59. The van der Waals surface area contributed by atoms with E-state index in [9.17, 15) is 0 Å². The molecule has 1 heteroatoms. The Balaban J connectivity index is 1.87. The summed E-state index contributed by atoms with van der Waals surface area (Å²) in [5, 5.41) is 0. The molecule has 1 saturated carbocycles. The Morgan fingerprint density at radius 1 is 1.00 bits per heavy atom. The molecule has 2 rings (SSSR count). The lowest BCUT2D eigenvalue weighted by atomic mass is 10.2. The van der Waals surface area contributed by atoms with Gasteiger partial charge in [0.1, 0.15) is 0 Å². The molecule has 1 fully saturated rings. The van der Waals surface area contributed by atoms with Crippen LogP contribution in [0.1, 0.15) is 25.7 Å². The molecule has 1 heterocycles. The van der Waals surface area contributed by atoms with Crippen molar-refractivity contribution < 1.29 is 0 Å². The predicted octanol–water partition coefficient (Wildman–Crippen LogP) is 1.80. The topological polar surface area (TPSA) is 3.24 Å². The third-order valence-electron chi connectivity index (χ3n) is 2.69. The summed E-state index contributed by atoms with van der Waals surface area (Å²) in [7, 11) is 0. The minimum absolute atomic E-state index is 0.926. The molecule has 0 N–H and O–H groups in total. The molecule has 10 heavy (non-hydrogen) atoms. The third-order valence-corrected chi connectivity index (χ3v) is 2.69. The van der Waals surface area contributed by atoms with Crippen LogP contribution in [0, 0.1) is 0 Å². The molecule has 0 aromatic rings. The summed E-state index contributed by atoms with van der Waals surface area (Å²) in [5.74, 6) is 0. The highest BCUT2D eigenvalue weighted by Gasteiger charge is 2.21. The summed E-state index contributed by atoms with van der Waals surface area (Å²) < 4.78 is 0. The summed E-state index contributed by atoms with van der Waals surface area (Å²) >= 11 is 0. The fourth-order valence-electron chi connectivity index (χ4n) is 2.06. The number of hydrogen-bond donors (Lipinski definition) is 0. The van der Waals surface area contributed by atoms with Crippen LogP contribution in [0.4, 0.5) is 0 Å². The summed E-state index contributed by atoms with van der Waals surface area (Å²) in [6, 6.07) is 0.926. The molecule has 0 aromatic carbocycles. The first kappa shape index (κ1) is 6.41. The van der Waals surface area contributed by atoms with E-state index in [1.807, 2.05) is 0 Å². The quantitative estimate of drug-likeness (QED) is 0.498. The standard InChI is InChI=1S/C9H15N/c1-2-6-9(5-1)10-7-3-4-8-10/h3-4,9H,1-2,5-8H2. The zero-order chi connectivity index (χ0) is 6.81. The number of rotatable bonds is 1. The van der Waals surface area contributed by atoms with E-state index in [1.54, 1.807) is 0 Å². The van der Waals surface area contributed by atoms with E-state index < -0.39 is 0 Å². The van der Waals surface area contributed by atoms with Crippen molar-refractivity contribution in [2.45, 2.75) is 31.7 Å². The van der Waals surface area contributed by atoms with Crippen LogP contribution in [0.15, 0.2) is 12.2 Å². The van der Waals surface area contributed by atoms with E-state index in [1.165, 1.54) is 38.8 Å². The van der Waals surface area contributed by atoms with Gasteiger partial charge in [0, 0.05) is 19.1 Å². The molecule has 56 valence electrons. The lowest BCUT2D eigenvalue weighted by Gasteiger charge is -2.22. The maximum Gasteiger partial charge on any atom is 0.0169 e. The van der Waals surface area contributed by atoms with E-state index in [4.69, 9.17) is 0 Å². The highest BCUT2D eigenvalue weighted by Crippen LogP contribution is 2.24. The Kier molecular flexibility index (Phi) is 1.76. The summed E-state index contributed by atoms with van der Waals surface area (Å²) in [6.07, 6.45) is 10.4. The second kappa shape index (κ2) is 2.75. The minimum Gasteiger partial charge on any atom is -0.293 e. The molecule has 0 aromatic heterocycles. The first-order chi connectivity index (χ1) is 4.97. The van der Waals surface area contributed by atoms with Gasteiger partial charge in [-0.1, -0.05) is 25.0 Å². The van der Waals surface area contributed by atoms with Crippen molar-refractivity contribution in [3.63, 3.8) is 0 Å². The van der Waals surface area contributed by atoms with Crippen molar-refractivity contribution in [1.82, 2.24) is 4.90 Å². The smallest absolute Gasteiger partial charge is 0.0169 e. The molecule has 1 aliphatic carbocycles. The highest BCUT2D eigenvalue weighted by atomic mass is 15.2. The predicted molar refractivity (Wildman–Crippen MR) is 43.0 cm³/mol. The van der Waals surface area contributed by atoms with Crippen LogP contribution < -0.4 is 0 Å². The van der Waals surface area contributed by atoms with Gasteiger partial charge >= 0.3 is 0 Å². The van der Waals surface area contributed by atoms with E-state index in [-0.39, 0.29) is 0 Å². The van der Waals surface area contributed by atoms with Crippen molar-refractivity contribution in [1.29, 1.82) is 0 Å². The lowest BCUT2D eigenvalue weighted by molar-refractivity contribution is 0.257. The summed E-state index contributed by atoms with van der Waals surface area (Å²) in [6.45, 7) is 2.43.